The number of aromatic nitrogens is 3. The van der Waals surface area contributed by atoms with Crippen molar-refractivity contribution in [2.75, 3.05) is 0 Å². The summed E-state index contributed by atoms with van der Waals surface area (Å²) in [7, 11) is 0. The van der Waals surface area contributed by atoms with Gasteiger partial charge in [0.05, 0.1) is 6.04 Å². The Bertz CT molecular complexity index is 2780. The minimum atomic E-state index is 0.0824. The molecule has 0 amide bonds. The molecule has 1 unspecified atom stereocenters. The molecule has 1 aliphatic heterocycles. The lowest BCUT2D eigenvalue weighted by Gasteiger charge is -2.18. The van der Waals surface area contributed by atoms with Crippen LogP contribution in [0.1, 0.15) is 11.6 Å². The van der Waals surface area contributed by atoms with Crippen LogP contribution in [0.3, 0.4) is 0 Å². The number of furan rings is 1. The minimum absolute atomic E-state index is 0.0824. The van der Waals surface area contributed by atoms with E-state index in [1.54, 1.807) is 0 Å². The Morgan fingerprint density at radius 1 is 0.453 bits per heavy atom. The third-order valence-electron chi connectivity index (χ3n) is 10.0. The highest BCUT2D eigenvalue weighted by Gasteiger charge is 2.20. The molecule has 0 aliphatic carbocycles. The van der Waals surface area contributed by atoms with Crippen molar-refractivity contribution in [2.45, 2.75) is 6.04 Å². The van der Waals surface area contributed by atoms with E-state index in [4.69, 9.17) is 19.4 Å². The molecule has 0 fully saturated rings. The van der Waals surface area contributed by atoms with Crippen LogP contribution in [-0.2, 0) is 0 Å². The first-order valence-electron chi connectivity index (χ1n) is 17.8. The van der Waals surface area contributed by atoms with Crippen LogP contribution in [0.2, 0.25) is 0 Å². The Balaban J connectivity index is 1.01. The number of nitrogens with one attached hydrogen (secondary N) is 1. The van der Waals surface area contributed by atoms with Gasteiger partial charge in [-0.25, -0.2) is 15.0 Å². The molecule has 250 valence electrons. The summed E-state index contributed by atoms with van der Waals surface area (Å²) in [4.78, 5) is 14.6. The molecule has 1 atom stereocenters. The molecule has 5 heteroatoms. The Morgan fingerprint density at radius 2 is 1.00 bits per heavy atom. The van der Waals surface area contributed by atoms with E-state index in [0.717, 1.165) is 66.3 Å². The maximum atomic E-state index is 6.61. The number of dihydropyridines is 1. The molecule has 0 spiro atoms. The molecule has 9 aromatic rings. The fourth-order valence-electron chi connectivity index (χ4n) is 7.40. The highest BCUT2D eigenvalue weighted by atomic mass is 16.3. The molecule has 0 saturated carbocycles. The summed E-state index contributed by atoms with van der Waals surface area (Å²) < 4.78 is 6.61. The van der Waals surface area contributed by atoms with Crippen LogP contribution in [0, 0.1) is 0 Å². The van der Waals surface area contributed by atoms with Crippen molar-refractivity contribution in [3.05, 3.63) is 188 Å². The Kier molecular flexibility index (Phi) is 7.47. The van der Waals surface area contributed by atoms with Crippen LogP contribution in [0.15, 0.2) is 187 Å². The maximum absolute atomic E-state index is 6.61. The quantitative estimate of drug-likeness (QED) is 0.189. The molecule has 0 bridgehead atoms. The van der Waals surface area contributed by atoms with E-state index < -0.39 is 0 Å². The zero-order valence-corrected chi connectivity index (χ0v) is 28.6. The number of allylic oxidation sites excluding steroid dienone is 2. The zero-order valence-electron chi connectivity index (χ0n) is 28.6. The average molecular weight is 681 g/mol. The van der Waals surface area contributed by atoms with Gasteiger partial charge in [0.25, 0.3) is 0 Å². The number of benzene rings is 7. The van der Waals surface area contributed by atoms with Crippen molar-refractivity contribution in [3.8, 4) is 56.4 Å². The summed E-state index contributed by atoms with van der Waals surface area (Å²) in [5, 5.41) is 8.09. The monoisotopic (exact) mass is 680 g/mol. The van der Waals surface area contributed by atoms with Gasteiger partial charge in [0.1, 0.15) is 11.2 Å². The Labute approximate surface area is 306 Å². The normalized spacial score (nSPS) is 13.8. The molecule has 7 aromatic carbocycles. The lowest BCUT2D eigenvalue weighted by molar-refractivity contribution is 0.672. The average Bonchev–Trinajstić information content (AvgIpc) is 3.64. The van der Waals surface area contributed by atoms with E-state index in [2.05, 4.69) is 115 Å². The van der Waals surface area contributed by atoms with E-state index in [0.29, 0.717) is 17.5 Å². The van der Waals surface area contributed by atoms with E-state index in [1.165, 1.54) is 10.9 Å². The second kappa shape index (κ2) is 12.9. The molecule has 1 aliphatic rings. The summed E-state index contributed by atoms with van der Waals surface area (Å²) in [5.41, 5.74) is 10.4. The molecule has 0 saturated heterocycles. The third kappa shape index (κ3) is 5.56. The van der Waals surface area contributed by atoms with Crippen LogP contribution in [-0.4, -0.2) is 15.0 Å². The molecule has 53 heavy (non-hydrogen) atoms. The number of nitrogens with zero attached hydrogens (tertiary/aromatic N) is 3. The van der Waals surface area contributed by atoms with Gasteiger partial charge in [-0.15, -0.1) is 0 Å². The second-order valence-corrected chi connectivity index (χ2v) is 13.3. The summed E-state index contributed by atoms with van der Waals surface area (Å²) in [6.45, 7) is 0. The largest absolute Gasteiger partial charge is 0.455 e. The Morgan fingerprint density at radius 3 is 1.60 bits per heavy atom. The van der Waals surface area contributed by atoms with Crippen LogP contribution >= 0.6 is 0 Å². The van der Waals surface area contributed by atoms with Crippen molar-refractivity contribution in [3.63, 3.8) is 0 Å². The topological polar surface area (TPSA) is 63.8 Å². The zero-order chi connectivity index (χ0) is 35.1. The van der Waals surface area contributed by atoms with Crippen molar-refractivity contribution >= 4 is 32.7 Å². The number of rotatable bonds is 6. The van der Waals surface area contributed by atoms with E-state index in [-0.39, 0.29) is 6.04 Å². The standard InChI is InChI=1S/C48H32N4O/c1-3-12-34(13-4-1)46-50-47(35-14-5-2-6-15-35)52-48(51-46)36-27-23-32(24-28-36)31-21-25-33(26-22-31)37-18-11-20-43-44(37)41-30-40(42-19-9-10-29-49-42)38-16-7-8-17-39(38)45(41)53-43/h1-30,42,49H. The van der Waals surface area contributed by atoms with Gasteiger partial charge in [0, 0.05) is 32.8 Å². The SMILES string of the molecule is C1=CNC(c2cc3c(oc4cccc(-c5ccc(-c6ccc(-c7nc(-c8ccccc8)nc(-c8ccccc8)n7)cc6)cc5)c43)c3ccccc23)C=C1. The Hall–Kier alpha value is -7.11. The first kappa shape index (κ1) is 30.7. The molecular weight excluding hydrogens is 649 g/mol. The van der Waals surface area contributed by atoms with Gasteiger partial charge in [0.15, 0.2) is 17.5 Å². The van der Waals surface area contributed by atoms with Crippen LogP contribution < -0.4 is 5.32 Å². The van der Waals surface area contributed by atoms with Crippen LogP contribution in [0.4, 0.5) is 0 Å². The van der Waals surface area contributed by atoms with Gasteiger partial charge < -0.3 is 9.73 Å². The van der Waals surface area contributed by atoms with Crippen LogP contribution in [0.5, 0.6) is 0 Å². The van der Waals surface area contributed by atoms with E-state index >= 15 is 0 Å². The first-order valence-corrected chi connectivity index (χ1v) is 17.8. The number of fused-ring (bicyclic) bond motifs is 5. The highest BCUT2D eigenvalue weighted by molar-refractivity contribution is 6.20. The molecule has 1 N–H and O–H groups in total. The van der Waals surface area contributed by atoms with Crippen molar-refractivity contribution in [1.82, 2.24) is 20.3 Å². The minimum Gasteiger partial charge on any atom is -0.455 e. The van der Waals surface area contributed by atoms with Gasteiger partial charge >= 0.3 is 0 Å². The molecule has 2 aromatic heterocycles. The van der Waals surface area contributed by atoms with E-state index in [9.17, 15) is 0 Å². The van der Waals surface area contributed by atoms with Gasteiger partial charge in [-0.05, 0) is 57.6 Å². The molecule has 5 nitrogen and oxygen atoms in total. The third-order valence-corrected chi connectivity index (χ3v) is 10.0. The molecule has 3 heterocycles. The van der Waals surface area contributed by atoms with Crippen molar-refractivity contribution in [1.29, 1.82) is 0 Å². The predicted octanol–water partition coefficient (Wildman–Crippen LogP) is 12.0. The summed E-state index contributed by atoms with van der Waals surface area (Å²) in [5.74, 6) is 1.94. The molecule has 0 radical (unpaired) electrons. The predicted molar refractivity (Wildman–Crippen MR) is 216 cm³/mol. The van der Waals surface area contributed by atoms with Gasteiger partial charge in [-0.3, -0.25) is 0 Å². The fourth-order valence-corrected chi connectivity index (χ4v) is 7.40. The lowest BCUT2D eigenvalue weighted by Crippen LogP contribution is -2.15. The van der Waals surface area contributed by atoms with Gasteiger partial charge in [0.2, 0.25) is 0 Å². The first-order chi connectivity index (χ1) is 26.3. The van der Waals surface area contributed by atoms with E-state index in [1.807, 2.05) is 72.9 Å². The second-order valence-electron chi connectivity index (χ2n) is 13.3. The van der Waals surface area contributed by atoms with Gasteiger partial charge in [-0.2, -0.15) is 0 Å². The molecular formula is C48H32N4O. The smallest absolute Gasteiger partial charge is 0.164 e. The number of hydrogen-bond acceptors (Lipinski definition) is 5. The van der Waals surface area contributed by atoms with Crippen molar-refractivity contribution in [2.24, 2.45) is 0 Å². The van der Waals surface area contributed by atoms with Crippen LogP contribution in [0.25, 0.3) is 89.1 Å². The maximum Gasteiger partial charge on any atom is 0.164 e. The molecule has 10 rings (SSSR count). The number of hydrogen-bond donors (Lipinski definition) is 1. The highest BCUT2D eigenvalue weighted by Crippen LogP contribution is 2.42. The lowest BCUT2D eigenvalue weighted by atomic mass is 9.92. The summed E-state index contributed by atoms with van der Waals surface area (Å²) >= 11 is 0. The summed E-state index contributed by atoms with van der Waals surface area (Å²) in [6, 6.07) is 54.6. The van der Waals surface area contributed by atoms with Gasteiger partial charge in [-0.1, -0.05) is 158 Å². The van der Waals surface area contributed by atoms with Crippen molar-refractivity contribution < 1.29 is 4.42 Å². The fraction of sp³-hybridized carbons (Fsp3) is 0.0208. The summed E-state index contributed by atoms with van der Waals surface area (Å²) in [6.07, 6.45) is 8.34.